The number of rotatable bonds is 5. The van der Waals surface area contributed by atoms with Crippen LogP contribution in [0.15, 0.2) is 18.2 Å². The summed E-state index contributed by atoms with van der Waals surface area (Å²) >= 11 is 0. The lowest BCUT2D eigenvalue weighted by Gasteiger charge is -2.09. The number of nitrogens with one attached hydrogen (secondary N) is 1. The van der Waals surface area contributed by atoms with Gasteiger partial charge in [-0.2, -0.15) is 5.26 Å². The van der Waals surface area contributed by atoms with Crippen LogP contribution in [0, 0.1) is 11.3 Å². The average Bonchev–Trinajstić information content (AvgIpc) is 2.78. The molecule has 19 heavy (non-hydrogen) atoms. The van der Waals surface area contributed by atoms with Crippen LogP contribution in [0.25, 0.3) is 0 Å². The number of amides is 1. The van der Waals surface area contributed by atoms with Crippen LogP contribution in [0.4, 0.5) is 0 Å². The lowest BCUT2D eigenvalue weighted by atomic mass is 10.1. The molecule has 0 saturated heterocycles. The number of ether oxygens (including phenoxy) is 1. The molecule has 0 radical (unpaired) electrons. The van der Waals surface area contributed by atoms with Gasteiger partial charge in [0.15, 0.2) is 6.61 Å². The average molecular weight is 259 g/mol. The molecular weight excluding hydrogens is 242 g/mol. The Labute approximate surface area is 112 Å². The summed E-state index contributed by atoms with van der Waals surface area (Å²) in [5.41, 5.74) is 8.33. The first-order valence-electron chi connectivity index (χ1n) is 6.35. The summed E-state index contributed by atoms with van der Waals surface area (Å²) in [7, 11) is 0. The molecule has 2 rings (SSSR count). The minimum absolute atomic E-state index is 0.0315. The van der Waals surface area contributed by atoms with E-state index in [9.17, 15) is 4.79 Å². The normalized spacial score (nSPS) is 16.5. The molecule has 0 spiro atoms. The number of aryl methyl sites for hydroxylation is 1. The molecule has 1 aromatic rings. The molecule has 1 aromatic carbocycles. The van der Waals surface area contributed by atoms with Crippen LogP contribution in [0.3, 0.4) is 0 Å². The SMILES string of the molecule is N#CCCNC(=O)COc1ccc2c(c1)CC[C@H]2N. The van der Waals surface area contributed by atoms with Gasteiger partial charge in [-0.25, -0.2) is 0 Å². The van der Waals surface area contributed by atoms with Crippen molar-refractivity contribution in [1.82, 2.24) is 5.32 Å². The number of nitriles is 1. The molecule has 1 aliphatic carbocycles. The summed E-state index contributed by atoms with van der Waals surface area (Å²) in [6.45, 7) is 0.327. The van der Waals surface area contributed by atoms with Crippen LogP contribution in [-0.4, -0.2) is 19.1 Å². The van der Waals surface area contributed by atoms with Gasteiger partial charge in [-0.3, -0.25) is 4.79 Å². The van der Waals surface area contributed by atoms with Crippen molar-refractivity contribution in [2.24, 2.45) is 5.73 Å². The fraction of sp³-hybridized carbons (Fsp3) is 0.429. The van der Waals surface area contributed by atoms with E-state index < -0.39 is 0 Å². The van der Waals surface area contributed by atoms with Crippen molar-refractivity contribution in [1.29, 1.82) is 5.26 Å². The summed E-state index contributed by atoms with van der Waals surface area (Å²) in [4.78, 5) is 11.4. The molecule has 5 nitrogen and oxygen atoms in total. The van der Waals surface area contributed by atoms with E-state index in [1.165, 1.54) is 11.1 Å². The van der Waals surface area contributed by atoms with Gasteiger partial charge < -0.3 is 15.8 Å². The first kappa shape index (κ1) is 13.4. The molecule has 0 unspecified atom stereocenters. The van der Waals surface area contributed by atoms with Crippen LogP contribution < -0.4 is 15.8 Å². The lowest BCUT2D eigenvalue weighted by molar-refractivity contribution is -0.123. The van der Waals surface area contributed by atoms with Crippen LogP contribution in [0.5, 0.6) is 5.75 Å². The zero-order valence-electron chi connectivity index (χ0n) is 10.7. The number of hydrogen-bond acceptors (Lipinski definition) is 4. The number of nitrogens with two attached hydrogens (primary N) is 1. The molecule has 0 fully saturated rings. The Morgan fingerprint density at radius 1 is 1.58 bits per heavy atom. The standard InChI is InChI=1S/C14H17N3O2/c15-6-1-7-17-14(18)9-19-11-3-4-12-10(8-11)2-5-13(12)16/h3-4,8,13H,1-2,5,7,9,16H2,(H,17,18)/t13-/m1/s1. The molecule has 100 valence electrons. The number of fused-ring (bicyclic) bond motifs is 1. The predicted octanol–water partition coefficient (Wildman–Crippen LogP) is 1.04. The third kappa shape index (κ3) is 3.46. The van der Waals surface area contributed by atoms with Crippen LogP contribution in [-0.2, 0) is 11.2 Å². The summed E-state index contributed by atoms with van der Waals surface area (Å²) in [6, 6.07) is 7.84. The highest BCUT2D eigenvalue weighted by molar-refractivity contribution is 5.77. The fourth-order valence-corrected chi connectivity index (χ4v) is 2.17. The quantitative estimate of drug-likeness (QED) is 0.773. The Kier molecular flexibility index (Phi) is 4.37. The summed E-state index contributed by atoms with van der Waals surface area (Å²) in [5, 5.41) is 11.0. The first-order chi connectivity index (χ1) is 9.20. The van der Waals surface area contributed by atoms with Gasteiger partial charge in [0.25, 0.3) is 5.91 Å². The largest absolute Gasteiger partial charge is 0.484 e. The third-order valence-corrected chi connectivity index (χ3v) is 3.17. The summed E-state index contributed by atoms with van der Waals surface area (Å²) in [6.07, 6.45) is 2.23. The Morgan fingerprint density at radius 3 is 3.21 bits per heavy atom. The Balaban J connectivity index is 1.84. The highest BCUT2D eigenvalue weighted by Gasteiger charge is 2.19. The monoisotopic (exact) mass is 259 g/mol. The van der Waals surface area contributed by atoms with Crippen molar-refractivity contribution in [3.05, 3.63) is 29.3 Å². The molecule has 0 aliphatic heterocycles. The number of benzene rings is 1. The van der Waals surface area contributed by atoms with Gasteiger partial charge in [0.1, 0.15) is 5.75 Å². The van der Waals surface area contributed by atoms with Gasteiger partial charge in [0, 0.05) is 12.6 Å². The van der Waals surface area contributed by atoms with Crippen molar-refractivity contribution in [3.8, 4) is 11.8 Å². The van der Waals surface area contributed by atoms with Crippen molar-refractivity contribution < 1.29 is 9.53 Å². The molecule has 0 heterocycles. The van der Waals surface area contributed by atoms with E-state index in [4.69, 9.17) is 15.7 Å². The van der Waals surface area contributed by atoms with E-state index in [0.29, 0.717) is 18.7 Å². The van der Waals surface area contributed by atoms with Gasteiger partial charge in [-0.15, -0.1) is 0 Å². The molecule has 0 bridgehead atoms. The van der Waals surface area contributed by atoms with Gasteiger partial charge in [-0.05, 0) is 36.1 Å². The van der Waals surface area contributed by atoms with Crippen LogP contribution in [0.2, 0.25) is 0 Å². The molecule has 1 atom stereocenters. The Bertz CT molecular complexity index is 508. The Hall–Kier alpha value is -2.06. The maximum atomic E-state index is 11.4. The second-order valence-electron chi connectivity index (χ2n) is 4.55. The second kappa shape index (κ2) is 6.21. The van der Waals surface area contributed by atoms with E-state index in [1.54, 1.807) is 0 Å². The molecule has 3 N–H and O–H groups in total. The third-order valence-electron chi connectivity index (χ3n) is 3.17. The molecule has 0 aromatic heterocycles. The highest BCUT2D eigenvalue weighted by atomic mass is 16.5. The molecule has 1 amide bonds. The summed E-state index contributed by atoms with van der Waals surface area (Å²) in [5.74, 6) is 0.468. The first-order valence-corrected chi connectivity index (χ1v) is 6.35. The predicted molar refractivity (Wildman–Crippen MR) is 70.4 cm³/mol. The number of carbonyl (C=O) groups is 1. The van der Waals surface area contributed by atoms with E-state index in [2.05, 4.69) is 5.32 Å². The van der Waals surface area contributed by atoms with Crippen LogP contribution in [0.1, 0.15) is 30.0 Å². The van der Waals surface area contributed by atoms with E-state index >= 15 is 0 Å². The molecule has 0 saturated carbocycles. The number of carbonyl (C=O) groups excluding carboxylic acids is 1. The van der Waals surface area contributed by atoms with Gasteiger partial charge in [0.05, 0.1) is 12.5 Å². The van der Waals surface area contributed by atoms with E-state index in [-0.39, 0.29) is 18.6 Å². The molecular formula is C14H17N3O2. The van der Waals surface area contributed by atoms with Crippen molar-refractivity contribution >= 4 is 5.91 Å². The van der Waals surface area contributed by atoms with Crippen molar-refractivity contribution in [2.75, 3.05) is 13.2 Å². The van der Waals surface area contributed by atoms with Crippen molar-refractivity contribution in [3.63, 3.8) is 0 Å². The van der Waals surface area contributed by atoms with Gasteiger partial charge >= 0.3 is 0 Å². The maximum absolute atomic E-state index is 11.4. The zero-order chi connectivity index (χ0) is 13.7. The number of hydrogen-bond donors (Lipinski definition) is 2. The summed E-state index contributed by atoms with van der Waals surface area (Å²) < 4.78 is 5.42. The molecule has 5 heteroatoms. The zero-order valence-corrected chi connectivity index (χ0v) is 10.7. The number of nitrogens with zero attached hydrogens (tertiary/aromatic N) is 1. The molecule has 1 aliphatic rings. The fourth-order valence-electron chi connectivity index (χ4n) is 2.17. The van der Waals surface area contributed by atoms with E-state index in [1.807, 2.05) is 24.3 Å². The minimum atomic E-state index is -0.215. The van der Waals surface area contributed by atoms with E-state index in [0.717, 1.165) is 12.8 Å². The highest BCUT2D eigenvalue weighted by Crippen LogP contribution is 2.31. The van der Waals surface area contributed by atoms with Gasteiger partial charge in [-0.1, -0.05) is 6.07 Å². The van der Waals surface area contributed by atoms with Gasteiger partial charge in [0.2, 0.25) is 0 Å². The minimum Gasteiger partial charge on any atom is -0.484 e. The Morgan fingerprint density at radius 2 is 2.42 bits per heavy atom. The maximum Gasteiger partial charge on any atom is 0.257 e. The smallest absolute Gasteiger partial charge is 0.257 e. The second-order valence-corrected chi connectivity index (χ2v) is 4.55. The topological polar surface area (TPSA) is 88.1 Å². The lowest BCUT2D eigenvalue weighted by Crippen LogP contribution is -2.29. The van der Waals surface area contributed by atoms with Crippen LogP contribution >= 0.6 is 0 Å². The van der Waals surface area contributed by atoms with Crippen molar-refractivity contribution in [2.45, 2.75) is 25.3 Å².